The molecule has 1 atom stereocenters. The van der Waals surface area contributed by atoms with E-state index in [1.54, 1.807) is 27.7 Å². The molecular formula is C13H23N3O4. The van der Waals surface area contributed by atoms with E-state index in [4.69, 9.17) is 5.11 Å². The molecular weight excluding hydrogens is 262 g/mol. The normalized spacial score (nSPS) is 22.9. The summed E-state index contributed by atoms with van der Waals surface area (Å²) < 4.78 is 0. The minimum atomic E-state index is -0.929. The molecule has 0 aromatic carbocycles. The molecule has 4 amide bonds. The zero-order valence-electron chi connectivity index (χ0n) is 12.4. The standard InChI is InChI=1S/C13H23N3O4/c1-5-13(4)10(19)16(11(20)15-13)6-9(18)14-7-12(2,3)8-17/h17H,5-8H2,1-4H3,(H,14,18)(H,15,20). The summed E-state index contributed by atoms with van der Waals surface area (Å²) in [5.41, 5.74) is -1.37. The molecule has 1 aliphatic heterocycles. The van der Waals surface area contributed by atoms with Gasteiger partial charge in [0.25, 0.3) is 5.91 Å². The SMILES string of the molecule is CCC1(C)NC(=O)N(CC(=O)NCC(C)(C)CO)C1=O. The molecule has 0 radical (unpaired) electrons. The first-order valence-electron chi connectivity index (χ1n) is 6.67. The summed E-state index contributed by atoms with van der Waals surface area (Å²) in [5, 5.41) is 14.3. The predicted octanol–water partition coefficient (Wildman–Crippen LogP) is -0.158. The van der Waals surface area contributed by atoms with Crippen LogP contribution in [0.1, 0.15) is 34.1 Å². The molecule has 1 saturated heterocycles. The number of imide groups is 1. The summed E-state index contributed by atoms with van der Waals surface area (Å²) in [7, 11) is 0. The van der Waals surface area contributed by atoms with Crippen LogP contribution < -0.4 is 10.6 Å². The molecule has 0 aromatic heterocycles. The number of urea groups is 1. The van der Waals surface area contributed by atoms with Crippen LogP contribution in [0.3, 0.4) is 0 Å². The fraction of sp³-hybridized carbons (Fsp3) is 0.769. The van der Waals surface area contributed by atoms with Crippen molar-refractivity contribution in [1.29, 1.82) is 0 Å². The van der Waals surface area contributed by atoms with Gasteiger partial charge in [0.15, 0.2) is 0 Å². The van der Waals surface area contributed by atoms with Gasteiger partial charge in [0.2, 0.25) is 5.91 Å². The first-order chi connectivity index (χ1) is 9.15. The number of carbonyl (C=O) groups excluding carboxylic acids is 3. The molecule has 3 N–H and O–H groups in total. The maximum Gasteiger partial charge on any atom is 0.325 e. The van der Waals surface area contributed by atoms with Gasteiger partial charge in [-0.1, -0.05) is 20.8 Å². The number of aliphatic hydroxyl groups is 1. The molecule has 20 heavy (non-hydrogen) atoms. The second-order valence-corrected chi connectivity index (χ2v) is 6.11. The minimum Gasteiger partial charge on any atom is -0.396 e. The fourth-order valence-corrected chi connectivity index (χ4v) is 1.72. The Morgan fingerprint density at radius 3 is 2.50 bits per heavy atom. The van der Waals surface area contributed by atoms with Crippen LogP contribution in [0, 0.1) is 5.41 Å². The fourth-order valence-electron chi connectivity index (χ4n) is 1.72. The third-order valence-electron chi connectivity index (χ3n) is 3.55. The summed E-state index contributed by atoms with van der Waals surface area (Å²) in [4.78, 5) is 36.5. The van der Waals surface area contributed by atoms with Crippen LogP contribution in [0.5, 0.6) is 0 Å². The highest BCUT2D eigenvalue weighted by atomic mass is 16.3. The number of aliphatic hydroxyl groups excluding tert-OH is 1. The third kappa shape index (κ3) is 3.47. The Morgan fingerprint density at radius 1 is 1.45 bits per heavy atom. The first-order valence-corrected chi connectivity index (χ1v) is 6.67. The van der Waals surface area contributed by atoms with Crippen LogP contribution in [0.25, 0.3) is 0 Å². The summed E-state index contributed by atoms with van der Waals surface area (Å²) in [6.07, 6.45) is 0.466. The lowest BCUT2D eigenvalue weighted by molar-refractivity contribution is -0.134. The van der Waals surface area contributed by atoms with E-state index in [0.717, 1.165) is 4.90 Å². The molecule has 0 aromatic rings. The highest BCUT2D eigenvalue weighted by Crippen LogP contribution is 2.20. The molecule has 0 aliphatic carbocycles. The van der Waals surface area contributed by atoms with Gasteiger partial charge in [-0.3, -0.25) is 14.5 Å². The number of nitrogens with zero attached hydrogens (tertiary/aromatic N) is 1. The van der Waals surface area contributed by atoms with Crippen molar-refractivity contribution in [1.82, 2.24) is 15.5 Å². The molecule has 7 heteroatoms. The van der Waals surface area contributed by atoms with E-state index in [1.165, 1.54) is 0 Å². The molecule has 0 saturated carbocycles. The minimum absolute atomic E-state index is 0.0652. The van der Waals surface area contributed by atoms with Crippen molar-refractivity contribution in [2.75, 3.05) is 19.7 Å². The molecule has 0 bridgehead atoms. The molecule has 1 fully saturated rings. The number of hydrogen-bond acceptors (Lipinski definition) is 4. The summed E-state index contributed by atoms with van der Waals surface area (Å²) >= 11 is 0. The number of rotatable bonds is 6. The van der Waals surface area contributed by atoms with Gasteiger partial charge >= 0.3 is 6.03 Å². The lowest BCUT2D eigenvalue weighted by Crippen LogP contribution is -2.46. The van der Waals surface area contributed by atoms with Crippen molar-refractivity contribution in [2.45, 2.75) is 39.7 Å². The number of hydrogen-bond donors (Lipinski definition) is 3. The summed E-state index contributed by atoms with van der Waals surface area (Å²) in [6.45, 7) is 6.94. The lowest BCUT2D eigenvalue weighted by Gasteiger charge is -2.23. The second kappa shape index (κ2) is 5.78. The van der Waals surface area contributed by atoms with E-state index >= 15 is 0 Å². The van der Waals surface area contributed by atoms with E-state index < -0.39 is 22.9 Å². The van der Waals surface area contributed by atoms with Gasteiger partial charge in [-0.2, -0.15) is 0 Å². The van der Waals surface area contributed by atoms with Crippen LogP contribution in [0.2, 0.25) is 0 Å². The van der Waals surface area contributed by atoms with Crippen molar-refractivity contribution < 1.29 is 19.5 Å². The van der Waals surface area contributed by atoms with Crippen molar-refractivity contribution >= 4 is 17.8 Å². The molecule has 0 spiro atoms. The molecule has 1 unspecified atom stereocenters. The van der Waals surface area contributed by atoms with E-state index in [0.29, 0.717) is 6.42 Å². The van der Waals surface area contributed by atoms with E-state index in [-0.39, 0.29) is 25.6 Å². The van der Waals surface area contributed by atoms with E-state index in [1.807, 2.05) is 0 Å². The largest absolute Gasteiger partial charge is 0.396 e. The Kier molecular flexibility index (Phi) is 4.75. The van der Waals surface area contributed by atoms with Crippen LogP contribution in [-0.2, 0) is 9.59 Å². The van der Waals surface area contributed by atoms with Gasteiger partial charge in [0.05, 0.1) is 0 Å². The van der Waals surface area contributed by atoms with Crippen molar-refractivity contribution in [3.8, 4) is 0 Å². The van der Waals surface area contributed by atoms with Crippen LogP contribution in [-0.4, -0.2) is 53.1 Å². The molecule has 7 nitrogen and oxygen atoms in total. The van der Waals surface area contributed by atoms with E-state index in [2.05, 4.69) is 10.6 Å². The molecule has 1 rings (SSSR count). The van der Waals surface area contributed by atoms with Gasteiger partial charge < -0.3 is 15.7 Å². The number of carbonyl (C=O) groups is 3. The quantitative estimate of drug-likeness (QED) is 0.591. The molecule has 1 aliphatic rings. The Hall–Kier alpha value is -1.63. The number of amides is 4. The van der Waals surface area contributed by atoms with Crippen molar-refractivity contribution in [3.63, 3.8) is 0 Å². The van der Waals surface area contributed by atoms with E-state index in [9.17, 15) is 14.4 Å². The average Bonchev–Trinajstić information content (AvgIpc) is 2.61. The zero-order valence-corrected chi connectivity index (χ0v) is 12.4. The highest BCUT2D eigenvalue weighted by Gasteiger charge is 2.46. The Bertz CT molecular complexity index is 422. The molecule has 114 valence electrons. The van der Waals surface area contributed by atoms with Crippen molar-refractivity contribution in [2.24, 2.45) is 5.41 Å². The second-order valence-electron chi connectivity index (χ2n) is 6.11. The Morgan fingerprint density at radius 2 is 2.05 bits per heavy atom. The van der Waals surface area contributed by atoms with Gasteiger partial charge in [-0.05, 0) is 13.3 Å². The molecule has 1 heterocycles. The van der Waals surface area contributed by atoms with Gasteiger partial charge in [-0.25, -0.2) is 4.79 Å². The van der Waals surface area contributed by atoms with Gasteiger partial charge in [-0.15, -0.1) is 0 Å². The zero-order chi connectivity index (χ0) is 15.6. The lowest BCUT2D eigenvalue weighted by atomic mass is 9.95. The van der Waals surface area contributed by atoms with Crippen LogP contribution in [0.4, 0.5) is 4.79 Å². The number of nitrogens with one attached hydrogen (secondary N) is 2. The maximum absolute atomic E-state index is 12.1. The monoisotopic (exact) mass is 285 g/mol. The van der Waals surface area contributed by atoms with Crippen LogP contribution >= 0.6 is 0 Å². The van der Waals surface area contributed by atoms with Crippen LogP contribution in [0.15, 0.2) is 0 Å². The average molecular weight is 285 g/mol. The maximum atomic E-state index is 12.1. The van der Waals surface area contributed by atoms with Gasteiger partial charge in [0, 0.05) is 18.6 Å². The highest BCUT2D eigenvalue weighted by molar-refractivity contribution is 6.08. The van der Waals surface area contributed by atoms with Gasteiger partial charge in [0.1, 0.15) is 12.1 Å². The Labute approximate surface area is 118 Å². The van der Waals surface area contributed by atoms with Crippen molar-refractivity contribution in [3.05, 3.63) is 0 Å². The summed E-state index contributed by atoms with van der Waals surface area (Å²) in [6, 6.07) is -0.545. The Balaban J connectivity index is 2.59. The smallest absolute Gasteiger partial charge is 0.325 e. The summed E-state index contributed by atoms with van der Waals surface area (Å²) in [5.74, 6) is -0.808. The third-order valence-corrected chi connectivity index (χ3v) is 3.55. The first kappa shape index (κ1) is 16.4. The predicted molar refractivity (Wildman–Crippen MR) is 72.8 cm³/mol. The topological polar surface area (TPSA) is 98.7 Å².